The van der Waals surface area contributed by atoms with Gasteiger partial charge < -0.3 is 10.3 Å². The van der Waals surface area contributed by atoms with E-state index in [0.717, 1.165) is 26.6 Å². The molecule has 2 aromatic carbocycles. The van der Waals surface area contributed by atoms with Crippen molar-refractivity contribution in [2.45, 2.75) is 33.1 Å². The van der Waals surface area contributed by atoms with E-state index < -0.39 is 0 Å². The number of carbonyl (C=O) groups excluding carboxylic acids is 1. The average Bonchev–Trinajstić information content (AvgIpc) is 2.96. The van der Waals surface area contributed by atoms with E-state index in [1.807, 2.05) is 49.5 Å². The van der Waals surface area contributed by atoms with Crippen molar-refractivity contribution in [2.24, 2.45) is 0 Å². The molecule has 0 fully saturated rings. The molecule has 0 saturated carbocycles. The summed E-state index contributed by atoms with van der Waals surface area (Å²) in [4.78, 5) is 15.8. The summed E-state index contributed by atoms with van der Waals surface area (Å²) in [7, 11) is 0. The van der Waals surface area contributed by atoms with E-state index in [0.29, 0.717) is 5.57 Å². The van der Waals surface area contributed by atoms with Gasteiger partial charge in [0.05, 0.1) is 0 Å². The molecule has 1 heterocycles. The highest BCUT2D eigenvalue weighted by Gasteiger charge is 2.13. The fourth-order valence-electron chi connectivity index (χ4n) is 2.82. The van der Waals surface area contributed by atoms with Gasteiger partial charge in [0.25, 0.3) is 5.91 Å². The number of halogens is 1. The Kier molecular flexibility index (Phi) is 5.05. The predicted octanol–water partition coefficient (Wildman–Crippen LogP) is 6.27. The molecule has 0 bridgehead atoms. The molecule has 1 amide bonds. The number of fused-ring (bicyclic) bond motifs is 1. The van der Waals surface area contributed by atoms with Gasteiger partial charge in [0.2, 0.25) is 0 Å². The average molecular weight is 411 g/mol. The van der Waals surface area contributed by atoms with E-state index in [-0.39, 0.29) is 11.3 Å². The Balaban J connectivity index is 1.77. The number of hydrogen-bond acceptors (Lipinski definition) is 1. The van der Waals surface area contributed by atoms with E-state index in [2.05, 4.69) is 59.1 Å². The van der Waals surface area contributed by atoms with Crippen LogP contribution in [0.25, 0.3) is 17.0 Å². The van der Waals surface area contributed by atoms with Crippen LogP contribution in [0, 0.1) is 0 Å². The number of amides is 1. The smallest absolute Gasteiger partial charge is 0.251 e. The summed E-state index contributed by atoms with van der Waals surface area (Å²) in [5.41, 5.74) is 4.85. The normalized spacial score (nSPS) is 12.4. The summed E-state index contributed by atoms with van der Waals surface area (Å²) in [6.07, 6.45) is 3.83. The summed E-state index contributed by atoms with van der Waals surface area (Å²) in [6.45, 7) is 8.35. The standard InChI is InChI=1S/C22H23BrN2O/c1-14(11-15-13-24-20-12-17(23)7-10-19(15)20)21(26)25-18-8-5-16(6-9-18)22(2,3)4/h5-13,24H,1-4H3,(H,25,26)/b14-11+. The minimum Gasteiger partial charge on any atom is -0.361 e. The SMILES string of the molecule is C/C(=C\c1c[nH]c2cc(Br)ccc12)C(=O)Nc1ccc(C(C)(C)C)cc1. The minimum atomic E-state index is -0.0972. The first-order valence-corrected chi connectivity index (χ1v) is 9.40. The first kappa shape index (κ1) is 18.5. The molecular formula is C22H23BrN2O. The largest absolute Gasteiger partial charge is 0.361 e. The van der Waals surface area contributed by atoms with Gasteiger partial charge >= 0.3 is 0 Å². The number of anilines is 1. The summed E-state index contributed by atoms with van der Waals surface area (Å²) in [5.74, 6) is -0.0972. The number of hydrogen-bond donors (Lipinski definition) is 2. The molecule has 4 heteroatoms. The summed E-state index contributed by atoms with van der Waals surface area (Å²) in [6, 6.07) is 14.1. The lowest BCUT2D eigenvalue weighted by Crippen LogP contribution is -2.14. The highest BCUT2D eigenvalue weighted by molar-refractivity contribution is 9.10. The monoisotopic (exact) mass is 410 g/mol. The second-order valence-electron chi connectivity index (χ2n) is 7.54. The molecule has 0 aliphatic carbocycles. The van der Waals surface area contributed by atoms with Gasteiger partial charge in [0.1, 0.15) is 0 Å². The first-order valence-electron chi connectivity index (χ1n) is 8.61. The van der Waals surface area contributed by atoms with Gasteiger partial charge in [-0.2, -0.15) is 0 Å². The Bertz CT molecular complexity index is 976. The summed E-state index contributed by atoms with van der Waals surface area (Å²) < 4.78 is 1.02. The molecule has 3 aromatic rings. The van der Waals surface area contributed by atoms with Crippen molar-refractivity contribution in [2.75, 3.05) is 5.32 Å². The topological polar surface area (TPSA) is 44.9 Å². The zero-order chi connectivity index (χ0) is 18.9. The lowest BCUT2D eigenvalue weighted by atomic mass is 9.87. The van der Waals surface area contributed by atoms with Crippen LogP contribution in [0.1, 0.15) is 38.8 Å². The van der Waals surface area contributed by atoms with Crippen LogP contribution < -0.4 is 5.32 Å². The van der Waals surface area contributed by atoms with Crippen LogP contribution in [0.15, 0.2) is 58.7 Å². The quantitative estimate of drug-likeness (QED) is 0.490. The zero-order valence-corrected chi connectivity index (χ0v) is 17.1. The van der Waals surface area contributed by atoms with Crippen molar-refractivity contribution in [1.82, 2.24) is 4.98 Å². The number of aromatic nitrogens is 1. The number of benzene rings is 2. The maximum atomic E-state index is 12.5. The fraction of sp³-hybridized carbons (Fsp3) is 0.227. The molecule has 134 valence electrons. The zero-order valence-electron chi connectivity index (χ0n) is 15.5. The molecular weight excluding hydrogens is 388 g/mol. The molecule has 26 heavy (non-hydrogen) atoms. The second-order valence-corrected chi connectivity index (χ2v) is 8.46. The molecule has 0 radical (unpaired) electrons. The van der Waals surface area contributed by atoms with Crippen molar-refractivity contribution < 1.29 is 4.79 Å². The Hall–Kier alpha value is -2.33. The molecule has 1 aromatic heterocycles. The Labute approximate surface area is 162 Å². The molecule has 0 unspecified atom stereocenters. The Morgan fingerprint density at radius 2 is 1.81 bits per heavy atom. The number of carbonyl (C=O) groups is 1. The maximum absolute atomic E-state index is 12.5. The highest BCUT2D eigenvalue weighted by atomic mass is 79.9. The van der Waals surface area contributed by atoms with Crippen LogP contribution >= 0.6 is 15.9 Å². The lowest BCUT2D eigenvalue weighted by Gasteiger charge is -2.19. The number of H-pyrrole nitrogens is 1. The molecule has 0 aliphatic heterocycles. The van der Waals surface area contributed by atoms with Crippen molar-refractivity contribution in [1.29, 1.82) is 0 Å². The van der Waals surface area contributed by atoms with Crippen LogP contribution in [0.3, 0.4) is 0 Å². The van der Waals surface area contributed by atoms with Crippen molar-refractivity contribution >= 4 is 44.5 Å². The second kappa shape index (κ2) is 7.12. The van der Waals surface area contributed by atoms with Gasteiger partial charge in [0, 0.05) is 38.4 Å². The van der Waals surface area contributed by atoms with Gasteiger partial charge in [-0.05, 0) is 48.2 Å². The first-order chi connectivity index (χ1) is 12.2. The van der Waals surface area contributed by atoms with Crippen molar-refractivity contribution in [3.8, 4) is 0 Å². The molecule has 0 atom stereocenters. The lowest BCUT2D eigenvalue weighted by molar-refractivity contribution is -0.112. The van der Waals surface area contributed by atoms with E-state index in [1.165, 1.54) is 5.56 Å². The third-order valence-corrected chi connectivity index (χ3v) is 4.91. The van der Waals surface area contributed by atoms with Crippen LogP contribution in [0.2, 0.25) is 0 Å². The third-order valence-electron chi connectivity index (χ3n) is 4.41. The van der Waals surface area contributed by atoms with Gasteiger partial charge in [-0.3, -0.25) is 4.79 Å². The molecule has 2 N–H and O–H groups in total. The fourth-order valence-corrected chi connectivity index (χ4v) is 3.18. The molecule has 3 rings (SSSR count). The van der Waals surface area contributed by atoms with E-state index in [4.69, 9.17) is 0 Å². The van der Waals surface area contributed by atoms with Gasteiger partial charge in [-0.1, -0.05) is 54.9 Å². The minimum absolute atomic E-state index is 0.0972. The highest BCUT2D eigenvalue weighted by Crippen LogP contribution is 2.25. The maximum Gasteiger partial charge on any atom is 0.251 e. The van der Waals surface area contributed by atoms with Crippen LogP contribution in [-0.2, 0) is 10.2 Å². The van der Waals surface area contributed by atoms with Crippen LogP contribution in [0.4, 0.5) is 5.69 Å². The van der Waals surface area contributed by atoms with Crippen LogP contribution in [0.5, 0.6) is 0 Å². The summed E-state index contributed by atoms with van der Waals surface area (Å²) in [5, 5.41) is 4.06. The van der Waals surface area contributed by atoms with E-state index in [9.17, 15) is 4.79 Å². The Morgan fingerprint density at radius 1 is 1.12 bits per heavy atom. The number of nitrogens with one attached hydrogen (secondary N) is 2. The van der Waals surface area contributed by atoms with Gasteiger partial charge in [-0.25, -0.2) is 0 Å². The van der Waals surface area contributed by atoms with E-state index in [1.54, 1.807) is 0 Å². The molecule has 0 saturated heterocycles. The molecule has 3 nitrogen and oxygen atoms in total. The van der Waals surface area contributed by atoms with E-state index >= 15 is 0 Å². The Morgan fingerprint density at radius 3 is 2.46 bits per heavy atom. The van der Waals surface area contributed by atoms with Crippen molar-refractivity contribution in [3.05, 3.63) is 69.8 Å². The number of aromatic amines is 1. The molecule has 0 aliphatic rings. The van der Waals surface area contributed by atoms with Crippen LogP contribution in [-0.4, -0.2) is 10.9 Å². The van der Waals surface area contributed by atoms with Gasteiger partial charge in [-0.15, -0.1) is 0 Å². The molecule has 0 spiro atoms. The van der Waals surface area contributed by atoms with Gasteiger partial charge in [0.15, 0.2) is 0 Å². The summed E-state index contributed by atoms with van der Waals surface area (Å²) >= 11 is 3.47. The van der Waals surface area contributed by atoms with Crippen molar-refractivity contribution in [3.63, 3.8) is 0 Å². The number of rotatable bonds is 3. The predicted molar refractivity (Wildman–Crippen MR) is 113 cm³/mol. The third kappa shape index (κ3) is 4.07.